The molecule has 0 saturated heterocycles. The van der Waals surface area contributed by atoms with Crippen LogP contribution in [-0.2, 0) is 0 Å². The average Bonchev–Trinajstić information content (AvgIpc) is 2.47. The van der Waals surface area contributed by atoms with Crippen LogP contribution in [-0.4, -0.2) is 11.1 Å². The molecule has 1 aromatic rings. The zero-order valence-corrected chi connectivity index (χ0v) is 12.2. The minimum atomic E-state index is -0.405. The number of anilines is 1. The molecular weight excluding hydrogens is 266 g/mol. The summed E-state index contributed by atoms with van der Waals surface area (Å²) in [7, 11) is 0. The molecule has 0 aromatic heterocycles. The van der Waals surface area contributed by atoms with Crippen molar-refractivity contribution in [1.82, 2.24) is 0 Å². The number of nitro benzene ring substituents is 1. The normalized spacial score (nSPS) is 26.1. The molecule has 2 unspecified atom stereocenters. The van der Waals surface area contributed by atoms with Crippen molar-refractivity contribution in [3.8, 4) is 0 Å². The third-order valence-electron chi connectivity index (χ3n) is 5.01. The van der Waals surface area contributed by atoms with Gasteiger partial charge in [0.15, 0.2) is 0 Å². The van der Waals surface area contributed by atoms with E-state index in [0.29, 0.717) is 17.0 Å². The molecule has 1 aromatic carbocycles. The Labute approximate surface area is 123 Å². The number of allylic oxidation sites excluding steroid dienone is 2. The average molecular weight is 285 g/mol. The molecule has 1 fully saturated rings. The summed E-state index contributed by atoms with van der Waals surface area (Å²) in [6, 6.07) is 6.53. The maximum absolute atomic E-state index is 10.9. The predicted molar refractivity (Wildman–Crippen MR) is 83.3 cm³/mol. The van der Waals surface area contributed by atoms with Crippen LogP contribution in [0.25, 0.3) is 0 Å². The second kappa shape index (κ2) is 4.98. The number of nitro groups is 1. The first kappa shape index (κ1) is 13.8. The number of nitrogens with one attached hydrogen (secondary N) is 1. The quantitative estimate of drug-likeness (QED) is 0.517. The van der Waals surface area contributed by atoms with Crippen molar-refractivity contribution in [1.29, 1.82) is 0 Å². The van der Waals surface area contributed by atoms with Crippen LogP contribution in [0.5, 0.6) is 0 Å². The minimum absolute atomic E-state index is 0.0383. The largest absolute Gasteiger partial charge is 0.294 e. The van der Waals surface area contributed by atoms with E-state index in [9.17, 15) is 10.1 Å². The van der Waals surface area contributed by atoms with Crippen LogP contribution in [0.3, 0.4) is 0 Å². The molecule has 0 spiro atoms. The van der Waals surface area contributed by atoms with Gasteiger partial charge < -0.3 is 0 Å². The van der Waals surface area contributed by atoms with Crippen LogP contribution in [0.1, 0.15) is 26.7 Å². The molecule has 1 saturated carbocycles. The van der Waals surface area contributed by atoms with Crippen molar-refractivity contribution in [3.05, 3.63) is 46.0 Å². The van der Waals surface area contributed by atoms with Crippen molar-refractivity contribution in [3.63, 3.8) is 0 Å². The van der Waals surface area contributed by atoms with Gasteiger partial charge in [0.2, 0.25) is 0 Å². The lowest BCUT2D eigenvalue weighted by Crippen LogP contribution is -2.48. The number of para-hydroxylation sites is 2. The van der Waals surface area contributed by atoms with Gasteiger partial charge in [-0.3, -0.25) is 15.5 Å². The van der Waals surface area contributed by atoms with Crippen molar-refractivity contribution >= 4 is 17.6 Å². The molecule has 1 N–H and O–H groups in total. The number of hydrogen-bond donors (Lipinski definition) is 1. The Bertz CT molecular complexity index is 634. The van der Waals surface area contributed by atoms with Gasteiger partial charge in [-0.2, -0.15) is 5.10 Å². The fourth-order valence-electron chi connectivity index (χ4n) is 3.45. The van der Waals surface area contributed by atoms with Crippen LogP contribution in [0.2, 0.25) is 0 Å². The summed E-state index contributed by atoms with van der Waals surface area (Å²) in [4.78, 5) is 10.5. The number of hydrogen-bond acceptors (Lipinski definition) is 4. The predicted octanol–water partition coefficient (Wildman–Crippen LogP) is 3.98. The molecule has 3 aliphatic rings. The van der Waals surface area contributed by atoms with Crippen molar-refractivity contribution < 1.29 is 4.92 Å². The van der Waals surface area contributed by atoms with Crippen molar-refractivity contribution in [2.24, 2.45) is 22.4 Å². The molecule has 21 heavy (non-hydrogen) atoms. The lowest BCUT2D eigenvalue weighted by Gasteiger charge is -2.55. The first-order chi connectivity index (χ1) is 10.00. The molecule has 4 rings (SSSR count). The molecule has 0 aliphatic heterocycles. The molecule has 2 atom stereocenters. The summed E-state index contributed by atoms with van der Waals surface area (Å²) in [5.41, 5.74) is 4.85. The number of fused-ring (bicyclic) bond motifs is 1. The van der Waals surface area contributed by atoms with E-state index in [2.05, 4.69) is 30.5 Å². The van der Waals surface area contributed by atoms with E-state index >= 15 is 0 Å². The summed E-state index contributed by atoms with van der Waals surface area (Å²) in [5, 5.41) is 15.1. The highest BCUT2D eigenvalue weighted by molar-refractivity contribution is 5.81. The second-order valence-corrected chi connectivity index (χ2v) is 6.39. The standard InChI is InChI=1S/C16H19N3O2/c1-16(2)12-8-7-11(13(16)9-12)10-17-18-14-5-3-4-6-15(14)19(20)21/h3-7,10,12-13,18H,8-9H2,1-2H3. The van der Waals surface area contributed by atoms with Crippen molar-refractivity contribution in [2.45, 2.75) is 26.7 Å². The first-order valence-electron chi connectivity index (χ1n) is 7.22. The molecule has 0 radical (unpaired) electrons. The molecular formula is C16H19N3O2. The van der Waals surface area contributed by atoms with E-state index in [-0.39, 0.29) is 5.69 Å². The SMILES string of the molecule is CC1(C)C2CC=C(C=NNc3ccccc3[N+](=O)[O-])C1C2. The molecule has 110 valence electrons. The summed E-state index contributed by atoms with van der Waals surface area (Å²) >= 11 is 0. The van der Waals surface area contributed by atoms with Crippen LogP contribution in [0.4, 0.5) is 11.4 Å². The molecule has 3 aliphatic carbocycles. The van der Waals surface area contributed by atoms with E-state index in [1.54, 1.807) is 18.2 Å². The second-order valence-electron chi connectivity index (χ2n) is 6.39. The van der Waals surface area contributed by atoms with E-state index in [0.717, 1.165) is 12.3 Å². The van der Waals surface area contributed by atoms with Gasteiger partial charge in [0.25, 0.3) is 5.69 Å². The van der Waals surface area contributed by atoms with Gasteiger partial charge in [-0.05, 0) is 41.7 Å². The Balaban J connectivity index is 1.71. The number of rotatable bonds is 4. The highest BCUT2D eigenvalue weighted by Gasteiger charge is 2.50. The fraction of sp³-hybridized carbons (Fsp3) is 0.438. The number of benzene rings is 1. The minimum Gasteiger partial charge on any atom is -0.272 e. The number of hydrazone groups is 1. The van der Waals surface area contributed by atoms with Gasteiger partial charge in [-0.1, -0.05) is 32.1 Å². The number of nitrogens with zero attached hydrogens (tertiary/aromatic N) is 2. The summed E-state index contributed by atoms with van der Waals surface area (Å²) in [6.45, 7) is 4.62. The van der Waals surface area contributed by atoms with Gasteiger partial charge in [0.05, 0.1) is 11.1 Å². The van der Waals surface area contributed by atoms with E-state index < -0.39 is 4.92 Å². The molecule has 0 heterocycles. The summed E-state index contributed by atoms with van der Waals surface area (Å²) in [5.74, 6) is 1.36. The Morgan fingerprint density at radius 2 is 2.19 bits per heavy atom. The lowest BCUT2D eigenvalue weighted by atomic mass is 9.49. The fourth-order valence-corrected chi connectivity index (χ4v) is 3.45. The molecule has 0 amide bonds. The third kappa shape index (κ3) is 2.33. The van der Waals surface area contributed by atoms with Gasteiger partial charge in [-0.25, -0.2) is 0 Å². The Morgan fingerprint density at radius 3 is 2.86 bits per heavy atom. The zero-order chi connectivity index (χ0) is 15.0. The zero-order valence-electron chi connectivity index (χ0n) is 12.2. The first-order valence-corrected chi connectivity index (χ1v) is 7.22. The highest BCUT2D eigenvalue weighted by atomic mass is 16.6. The van der Waals surface area contributed by atoms with Gasteiger partial charge in [0, 0.05) is 6.07 Å². The van der Waals surface area contributed by atoms with Gasteiger partial charge in [0.1, 0.15) is 5.69 Å². The third-order valence-corrected chi connectivity index (χ3v) is 5.01. The van der Waals surface area contributed by atoms with Crippen molar-refractivity contribution in [2.75, 3.05) is 5.43 Å². The molecule has 2 bridgehead atoms. The van der Waals surface area contributed by atoms with Gasteiger partial charge >= 0.3 is 0 Å². The Kier molecular flexibility index (Phi) is 3.27. The Morgan fingerprint density at radius 1 is 1.43 bits per heavy atom. The van der Waals surface area contributed by atoms with Crippen LogP contribution >= 0.6 is 0 Å². The summed E-state index contributed by atoms with van der Waals surface area (Å²) < 4.78 is 0. The Hall–Kier alpha value is -2.17. The maximum atomic E-state index is 10.9. The molecule has 5 nitrogen and oxygen atoms in total. The van der Waals surface area contributed by atoms with Crippen LogP contribution < -0.4 is 5.43 Å². The summed E-state index contributed by atoms with van der Waals surface area (Å²) in [6.07, 6.45) is 6.40. The highest BCUT2D eigenvalue weighted by Crippen LogP contribution is 2.58. The smallest absolute Gasteiger partial charge is 0.272 e. The van der Waals surface area contributed by atoms with E-state index in [1.165, 1.54) is 18.1 Å². The lowest BCUT2D eigenvalue weighted by molar-refractivity contribution is -0.384. The molecule has 5 heteroatoms. The van der Waals surface area contributed by atoms with Gasteiger partial charge in [-0.15, -0.1) is 0 Å². The van der Waals surface area contributed by atoms with Crippen LogP contribution in [0, 0.1) is 27.4 Å². The topological polar surface area (TPSA) is 67.5 Å². The maximum Gasteiger partial charge on any atom is 0.294 e. The van der Waals surface area contributed by atoms with E-state index in [4.69, 9.17) is 0 Å². The van der Waals surface area contributed by atoms with Crippen LogP contribution in [0.15, 0.2) is 41.0 Å². The monoisotopic (exact) mass is 285 g/mol. The van der Waals surface area contributed by atoms with E-state index in [1.807, 2.05) is 6.21 Å².